The summed E-state index contributed by atoms with van der Waals surface area (Å²) in [5, 5.41) is 9.06. The van der Waals surface area contributed by atoms with Crippen molar-refractivity contribution in [1.29, 1.82) is 0 Å². The van der Waals surface area contributed by atoms with Crippen LogP contribution >= 0.6 is 27.5 Å². The van der Waals surface area contributed by atoms with Gasteiger partial charge < -0.3 is 26.4 Å². The fraction of sp³-hybridized carbons (Fsp3) is 0.333. The Kier molecular flexibility index (Phi) is 7.80. The van der Waals surface area contributed by atoms with Gasteiger partial charge in [0, 0.05) is 28.2 Å². The minimum absolute atomic E-state index is 0.107. The van der Waals surface area contributed by atoms with Crippen LogP contribution in [0.1, 0.15) is 54.7 Å². The second-order valence-electron chi connectivity index (χ2n) is 11.7. The minimum atomic E-state index is -1.46. The summed E-state index contributed by atoms with van der Waals surface area (Å²) in [5.74, 6) is -3.15. The highest BCUT2D eigenvalue weighted by atomic mass is 79.9. The molecule has 3 aromatic rings. The normalized spacial score (nSPS) is 23.0. The molecule has 0 radical (unpaired) electrons. The number of ether oxygens (including phenoxy) is 1. The molecule has 2 aliphatic rings. The van der Waals surface area contributed by atoms with Crippen LogP contribution in [0.4, 0.5) is 15.8 Å². The number of pyridine rings is 1. The molecule has 4 atom stereocenters. The lowest BCUT2D eigenvalue weighted by Crippen LogP contribution is -2.50. The average Bonchev–Trinajstić information content (AvgIpc) is 3.39. The monoisotopic (exact) mass is 657 g/mol. The highest BCUT2D eigenvalue weighted by molar-refractivity contribution is 9.10. The van der Waals surface area contributed by atoms with E-state index >= 15 is 4.39 Å². The number of rotatable bonds is 6. The second-order valence-corrected chi connectivity index (χ2v) is 13.0. The van der Waals surface area contributed by atoms with Gasteiger partial charge in [-0.25, -0.2) is 4.39 Å². The first-order chi connectivity index (χ1) is 19.8. The Morgan fingerprint density at radius 2 is 1.98 bits per heavy atom. The molecule has 3 heterocycles. The topological polar surface area (TPSA) is 135 Å². The number of nitrogens with two attached hydrogens (primary N) is 1. The summed E-state index contributed by atoms with van der Waals surface area (Å²) in [4.78, 5) is 44.7. The van der Waals surface area contributed by atoms with Gasteiger partial charge in [0.2, 0.25) is 17.7 Å². The molecule has 2 aromatic carbocycles. The predicted octanol–water partition coefficient (Wildman–Crippen LogP) is 5.13. The Labute approximate surface area is 255 Å². The van der Waals surface area contributed by atoms with Crippen molar-refractivity contribution in [2.45, 2.75) is 50.6 Å². The maximum atomic E-state index is 15.9. The fourth-order valence-corrected chi connectivity index (χ4v) is 6.65. The van der Waals surface area contributed by atoms with Gasteiger partial charge in [0.25, 0.3) is 0 Å². The Morgan fingerprint density at radius 3 is 2.64 bits per heavy atom. The molecule has 1 saturated heterocycles. The van der Waals surface area contributed by atoms with E-state index in [-0.39, 0.29) is 33.0 Å². The van der Waals surface area contributed by atoms with E-state index in [0.717, 1.165) is 0 Å². The average molecular weight is 659 g/mol. The van der Waals surface area contributed by atoms with Crippen molar-refractivity contribution in [3.8, 4) is 5.75 Å². The van der Waals surface area contributed by atoms with Crippen molar-refractivity contribution in [2.75, 3.05) is 17.7 Å². The second kappa shape index (κ2) is 10.9. The lowest BCUT2D eigenvalue weighted by molar-refractivity contribution is -0.122. The summed E-state index contributed by atoms with van der Waals surface area (Å²) >= 11 is 9.67. The molecule has 5 rings (SSSR count). The number of benzene rings is 2. The molecule has 1 fully saturated rings. The number of anilines is 2. The zero-order valence-corrected chi connectivity index (χ0v) is 25.7. The number of fused-ring (bicyclic) bond motifs is 2. The number of nitrogens with zero attached hydrogens (tertiary/aromatic N) is 1. The van der Waals surface area contributed by atoms with Gasteiger partial charge in [0.1, 0.15) is 17.0 Å². The predicted molar refractivity (Wildman–Crippen MR) is 161 cm³/mol. The molecule has 0 saturated carbocycles. The summed E-state index contributed by atoms with van der Waals surface area (Å²) in [5.41, 5.74) is 5.12. The van der Waals surface area contributed by atoms with Gasteiger partial charge in [-0.05, 0) is 63.7 Å². The summed E-state index contributed by atoms with van der Waals surface area (Å²) in [6.07, 6.45) is 2.04. The molecule has 5 N–H and O–H groups in total. The zero-order valence-electron chi connectivity index (χ0n) is 23.3. The third kappa shape index (κ3) is 5.03. The van der Waals surface area contributed by atoms with E-state index in [0.29, 0.717) is 22.3 Å². The van der Waals surface area contributed by atoms with E-state index in [4.69, 9.17) is 22.1 Å². The molecule has 220 valence electrons. The highest BCUT2D eigenvalue weighted by Crippen LogP contribution is 2.56. The maximum Gasteiger partial charge on any atom is 0.248 e. The zero-order chi connectivity index (χ0) is 30.6. The first kappa shape index (κ1) is 29.9. The number of methoxy groups -OCH3 is 1. The van der Waals surface area contributed by atoms with Crippen LogP contribution in [0.25, 0.3) is 0 Å². The third-order valence-electron chi connectivity index (χ3n) is 7.78. The molecule has 3 amide bonds. The van der Waals surface area contributed by atoms with Crippen LogP contribution in [0.3, 0.4) is 0 Å². The van der Waals surface area contributed by atoms with Gasteiger partial charge in [-0.2, -0.15) is 0 Å². The van der Waals surface area contributed by atoms with Crippen LogP contribution in [-0.2, 0) is 15.0 Å². The molecule has 9 nitrogen and oxygen atoms in total. The maximum absolute atomic E-state index is 15.9. The van der Waals surface area contributed by atoms with E-state index in [9.17, 15) is 14.4 Å². The Morgan fingerprint density at radius 1 is 1.24 bits per heavy atom. The van der Waals surface area contributed by atoms with Crippen molar-refractivity contribution in [2.24, 2.45) is 11.1 Å². The standard InChI is InChI=1S/C30H30BrClFN5O4/c1-29(2,3)12-21-30(25-19(37-28(30)41)11-15(31)13-35-25)22(16-6-5-7-17(32)23(16)33)24(38-21)27(40)36-18-9-8-14(26(34)39)10-20(18)42-4/h5-11,13,21-22,24,38H,12H2,1-4H3,(H2,34,39)(H,36,40)(H,37,41)/t21-,22-,24+,30+/m0/s1. The van der Waals surface area contributed by atoms with Gasteiger partial charge in [-0.15, -0.1) is 0 Å². The number of hydrogen-bond acceptors (Lipinski definition) is 6. The summed E-state index contributed by atoms with van der Waals surface area (Å²) in [6, 6.07) is 8.95. The number of aromatic nitrogens is 1. The number of carbonyl (C=O) groups excluding carboxylic acids is 3. The molecule has 42 heavy (non-hydrogen) atoms. The van der Waals surface area contributed by atoms with E-state index in [1.165, 1.54) is 31.4 Å². The number of halogens is 3. The van der Waals surface area contributed by atoms with Crippen LogP contribution in [-0.4, -0.2) is 41.9 Å². The van der Waals surface area contributed by atoms with Crippen molar-refractivity contribution in [3.05, 3.63) is 80.8 Å². The van der Waals surface area contributed by atoms with Gasteiger partial charge >= 0.3 is 0 Å². The van der Waals surface area contributed by atoms with Gasteiger partial charge in [0.15, 0.2) is 0 Å². The molecule has 0 unspecified atom stereocenters. The van der Waals surface area contributed by atoms with Crippen molar-refractivity contribution in [3.63, 3.8) is 0 Å². The first-order valence-electron chi connectivity index (χ1n) is 13.2. The number of primary amides is 1. The molecular weight excluding hydrogens is 629 g/mol. The summed E-state index contributed by atoms with van der Waals surface area (Å²) < 4.78 is 22.0. The van der Waals surface area contributed by atoms with Gasteiger partial charge in [-0.3, -0.25) is 19.4 Å². The van der Waals surface area contributed by atoms with Crippen molar-refractivity contribution >= 4 is 56.6 Å². The van der Waals surface area contributed by atoms with Crippen LogP contribution in [0.2, 0.25) is 5.02 Å². The smallest absolute Gasteiger partial charge is 0.248 e. The lowest BCUT2D eigenvalue weighted by atomic mass is 9.64. The van der Waals surface area contributed by atoms with Gasteiger partial charge in [-0.1, -0.05) is 44.5 Å². The van der Waals surface area contributed by atoms with Crippen molar-refractivity contribution in [1.82, 2.24) is 10.3 Å². The molecule has 0 aliphatic carbocycles. The number of carbonyl (C=O) groups is 3. The molecular formula is C30H30BrClFN5O4. The van der Waals surface area contributed by atoms with Crippen LogP contribution < -0.4 is 26.4 Å². The van der Waals surface area contributed by atoms with Crippen molar-refractivity contribution < 1.29 is 23.5 Å². The largest absolute Gasteiger partial charge is 0.495 e. The molecule has 2 aliphatic heterocycles. The number of nitrogens with one attached hydrogen (secondary N) is 3. The van der Waals surface area contributed by atoms with Crippen LogP contribution in [0, 0.1) is 11.2 Å². The molecule has 1 aromatic heterocycles. The van der Waals surface area contributed by atoms with E-state index in [1.54, 1.807) is 24.4 Å². The highest BCUT2D eigenvalue weighted by Gasteiger charge is 2.67. The van der Waals surface area contributed by atoms with Crippen LogP contribution in [0.5, 0.6) is 5.75 Å². The lowest BCUT2D eigenvalue weighted by Gasteiger charge is -2.37. The first-order valence-corrected chi connectivity index (χ1v) is 14.4. The molecule has 1 spiro atoms. The minimum Gasteiger partial charge on any atom is -0.495 e. The Hall–Kier alpha value is -3.54. The summed E-state index contributed by atoms with van der Waals surface area (Å²) in [6.45, 7) is 6.08. The van der Waals surface area contributed by atoms with Crippen LogP contribution in [0.15, 0.2) is 53.1 Å². The van der Waals surface area contributed by atoms with Gasteiger partial charge in [0.05, 0.1) is 35.2 Å². The summed E-state index contributed by atoms with van der Waals surface area (Å²) in [7, 11) is 1.39. The van der Waals surface area contributed by atoms with E-state index < -0.39 is 47.0 Å². The fourth-order valence-electron chi connectivity index (χ4n) is 6.14. The third-order valence-corrected chi connectivity index (χ3v) is 8.51. The number of amides is 3. The number of hydrogen-bond donors (Lipinski definition) is 4. The van der Waals surface area contributed by atoms with E-state index in [1.807, 2.05) is 20.8 Å². The Bertz CT molecular complexity index is 1610. The van der Waals surface area contributed by atoms with E-state index in [2.05, 4.69) is 36.9 Å². The quantitative estimate of drug-likeness (QED) is 0.290. The Balaban J connectivity index is 1.70. The molecule has 0 bridgehead atoms. The SMILES string of the molecule is COc1cc(C(N)=O)ccc1NC(=O)[C@@H]1N[C@@H](CC(C)(C)C)[C@@]2(C(=O)Nc3cc(Br)cnc32)[C@H]1c1cccc(Cl)c1F. The molecule has 12 heteroatoms.